The first-order valence-electron chi connectivity index (χ1n) is 8.90. The minimum atomic E-state index is -0.182. The van der Waals surface area contributed by atoms with Crippen LogP contribution in [0.25, 0.3) is 0 Å². The number of fused-ring (bicyclic) bond motifs is 3. The average molecular weight is 335 g/mol. The van der Waals surface area contributed by atoms with Gasteiger partial charge in [0.15, 0.2) is 0 Å². The van der Waals surface area contributed by atoms with Crippen molar-refractivity contribution in [3.05, 3.63) is 42.0 Å². The van der Waals surface area contributed by atoms with Crippen molar-refractivity contribution in [1.29, 1.82) is 0 Å². The summed E-state index contributed by atoms with van der Waals surface area (Å²) >= 11 is 0. The lowest BCUT2D eigenvalue weighted by atomic mass is 9.85. The van der Waals surface area contributed by atoms with Crippen LogP contribution in [-0.2, 0) is 9.59 Å². The van der Waals surface area contributed by atoms with Crippen LogP contribution in [0.5, 0.6) is 0 Å². The highest BCUT2D eigenvalue weighted by atomic mass is 16.2. The van der Waals surface area contributed by atoms with Gasteiger partial charge in [0.1, 0.15) is 0 Å². The first-order valence-corrected chi connectivity index (χ1v) is 8.90. The van der Waals surface area contributed by atoms with Crippen LogP contribution in [0, 0.1) is 29.1 Å². The molecule has 1 saturated heterocycles. The summed E-state index contributed by atoms with van der Waals surface area (Å²) in [5.74, 6) is -0.0906. The normalized spacial score (nSPS) is 33.8. The minimum Gasteiger partial charge on any atom is -0.378 e. The van der Waals surface area contributed by atoms with Crippen LogP contribution in [0.1, 0.15) is 18.4 Å². The summed E-state index contributed by atoms with van der Waals surface area (Å²) < 4.78 is 0. The first kappa shape index (κ1) is 14.9. The lowest BCUT2D eigenvalue weighted by Gasteiger charge is -2.18. The predicted octanol–water partition coefficient (Wildman–Crippen LogP) is 2.28. The standard InChI is InChI=1S/C20H21N3O2/c1-22(2)13-5-3-12(4-6-13)11-21-23-18(24)16-14-7-8-15(17(16)19(23)25)20(14)9-10-20/h3-8,11,14-17H,9-10H2,1-2H3/b21-11-/t14-,15-,16-,17-/m1/s1. The maximum atomic E-state index is 12.8. The van der Waals surface area contributed by atoms with Crippen LogP contribution in [-0.4, -0.2) is 37.1 Å². The zero-order valence-electron chi connectivity index (χ0n) is 14.4. The Morgan fingerprint density at radius 1 is 1.04 bits per heavy atom. The van der Waals surface area contributed by atoms with Gasteiger partial charge in [0.2, 0.25) is 0 Å². The Labute approximate surface area is 147 Å². The number of amides is 2. The van der Waals surface area contributed by atoms with E-state index in [-0.39, 0.29) is 40.9 Å². The second kappa shape index (κ2) is 4.81. The number of nitrogens with zero attached hydrogens (tertiary/aromatic N) is 3. The number of carbonyl (C=O) groups is 2. The molecule has 25 heavy (non-hydrogen) atoms. The van der Waals surface area contributed by atoms with Gasteiger partial charge < -0.3 is 4.90 Å². The van der Waals surface area contributed by atoms with Crippen LogP contribution in [0.15, 0.2) is 41.5 Å². The largest absolute Gasteiger partial charge is 0.378 e. The summed E-state index contributed by atoms with van der Waals surface area (Å²) in [6, 6.07) is 7.86. The van der Waals surface area contributed by atoms with E-state index in [1.807, 2.05) is 43.3 Å². The Hall–Kier alpha value is -2.43. The fraction of sp³-hybridized carbons (Fsp3) is 0.450. The highest BCUT2D eigenvalue weighted by molar-refractivity contribution is 6.07. The Balaban J connectivity index is 1.38. The minimum absolute atomic E-state index is 0.112. The molecule has 128 valence electrons. The van der Waals surface area contributed by atoms with Crippen LogP contribution >= 0.6 is 0 Å². The number of hydrogen-bond donors (Lipinski definition) is 0. The second-order valence-corrected chi connectivity index (χ2v) is 7.94. The van der Waals surface area contributed by atoms with Crippen molar-refractivity contribution in [2.75, 3.05) is 19.0 Å². The van der Waals surface area contributed by atoms with E-state index < -0.39 is 0 Å². The smallest absolute Gasteiger partial charge is 0.254 e. The molecule has 2 saturated carbocycles. The van der Waals surface area contributed by atoms with Gasteiger partial charge in [-0.3, -0.25) is 9.59 Å². The zero-order valence-corrected chi connectivity index (χ0v) is 14.4. The molecule has 0 radical (unpaired) electrons. The molecule has 2 bridgehead atoms. The molecule has 3 aliphatic carbocycles. The maximum absolute atomic E-state index is 12.8. The molecule has 4 atom stereocenters. The molecule has 5 rings (SSSR count). The molecular weight excluding hydrogens is 314 g/mol. The third-order valence-corrected chi connectivity index (χ3v) is 6.56. The van der Waals surface area contributed by atoms with Crippen LogP contribution in [0.4, 0.5) is 5.69 Å². The molecule has 0 aromatic heterocycles. The predicted molar refractivity (Wildman–Crippen MR) is 95.0 cm³/mol. The van der Waals surface area contributed by atoms with E-state index in [9.17, 15) is 9.59 Å². The van der Waals surface area contributed by atoms with Gasteiger partial charge in [0, 0.05) is 19.8 Å². The van der Waals surface area contributed by atoms with Crippen LogP contribution < -0.4 is 4.90 Å². The molecule has 4 aliphatic rings. The van der Waals surface area contributed by atoms with Crippen molar-refractivity contribution in [3.63, 3.8) is 0 Å². The summed E-state index contributed by atoms with van der Waals surface area (Å²) in [4.78, 5) is 27.7. The molecular formula is C20H21N3O2. The average Bonchev–Trinajstić information content (AvgIpc) is 3.20. The van der Waals surface area contributed by atoms with Gasteiger partial charge >= 0.3 is 0 Å². The third-order valence-electron chi connectivity index (χ3n) is 6.56. The highest BCUT2D eigenvalue weighted by Crippen LogP contribution is 2.73. The first-order chi connectivity index (χ1) is 12.0. The highest BCUT2D eigenvalue weighted by Gasteiger charge is 2.73. The summed E-state index contributed by atoms with van der Waals surface area (Å²) in [5, 5.41) is 5.37. The topological polar surface area (TPSA) is 53.0 Å². The second-order valence-electron chi connectivity index (χ2n) is 7.94. The molecule has 1 spiro atoms. The van der Waals surface area contributed by atoms with Gasteiger partial charge in [-0.25, -0.2) is 0 Å². The number of hydrazone groups is 1. The van der Waals surface area contributed by atoms with Crippen molar-refractivity contribution in [3.8, 4) is 0 Å². The molecule has 1 heterocycles. The number of benzene rings is 1. The van der Waals surface area contributed by atoms with Crippen molar-refractivity contribution >= 4 is 23.7 Å². The van der Waals surface area contributed by atoms with Gasteiger partial charge in [-0.1, -0.05) is 24.3 Å². The lowest BCUT2D eigenvalue weighted by Crippen LogP contribution is -2.30. The zero-order chi connectivity index (χ0) is 17.3. The molecule has 0 unspecified atom stereocenters. The number of hydrogen-bond acceptors (Lipinski definition) is 4. The fourth-order valence-electron chi connectivity index (χ4n) is 5.16. The number of anilines is 1. The molecule has 1 aliphatic heterocycles. The third kappa shape index (κ3) is 1.86. The maximum Gasteiger partial charge on any atom is 0.254 e. The van der Waals surface area contributed by atoms with E-state index in [1.54, 1.807) is 6.21 Å². The van der Waals surface area contributed by atoms with E-state index in [1.165, 1.54) is 0 Å². The fourth-order valence-corrected chi connectivity index (χ4v) is 5.16. The van der Waals surface area contributed by atoms with E-state index in [0.717, 1.165) is 29.1 Å². The Morgan fingerprint density at radius 2 is 1.60 bits per heavy atom. The molecule has 5 heteroatoms. The van der Waals surface area contributed by atoms with Crippen molar-refractivity contribution < 1.29 is 9.59 Å². The molecule has 3 fully saturated rings. The summed E-state index contributed by atoms with van der Waals surface area (Å²) in [7, 11) is 3.97. The molecule has 0 N–H and O–H groups in total. The number of carbonyl (C=O) groups excluding carboxylic acids is 2. The number of imide groups is 1. The molecule has 1 aromatic rings. The van der Waals surface area contributed by atoms with Gasteiger partial charge in [0.05, 0.1) is 18.1 Å². The summed E-state index contributed by atoms with van der Waals surface area (Å²) in [5.41, 5.74) is 2.21. The van der Waals surface area contributed by atoms with Crippen molar-refractivity contribution in [1.82, 2.24) is 5.01 Å². The Bertz CT molecular complexity index is 786. The SMILES string of the molecule is CN(C)c1ccc(/C=N\N2C(=O)[C@H]3[C@H](C2=O)[C@H]2C=C[C@H]3C23CC3)cc1. The van der Waals surface area contributed by atoms with Gasteiger partial charge in [-0.15, -0.1) is 0 Å². The summed E-state index contributed by atoms with van der Waals surface area (Å²) in [6.45, 7) is 0. The number of rotatable bonds is 3. The van der Waals surface area contributed by atoms with Gasteiger partial charge in [0.25, 0.3) is 11.8 Å². The lowest BCUT2D eigenvalue weighted by molar-refractivity contribution is -0.141. The summed E-state index contributed by atoms with van der Waals surface area (Å²) in [6.07, 6.45) is 8.28. The van der Waals surface area contributed by atoms with Crippen molar-refractivity contribution in [2.24, 2.45) is 34.2 Å². The monoisotopic (exact) mass is 335 g/mol. The van der Waals surface area contributed by atoms with E-state index in [4.69, 9.17) is 0 Å². The van der Waals surface area contributed by atoms with Crippen molar-refractivity contribution in [2.45, 2.75) is 12.8 Å². The van der Waals surface area contributed by atoms with E-state index in [0.29, 0.717) is 0 Å². The quantitative estimate of drug-likeness (QED) is 0.484. The van der Waals surface area contributed by atoms with Gasteiger partial charge in [-0.05, 0) is 47.8 Å². The molecule has 1 aromatic carbocycles. The number of allylic oxidation sites excluding steroid dienone is 2. The Morgan fingerprint density at radius 3 is 2.08 bits per heavy atom. The van der Waals surface area contributed by atoms with Crippen LogP contribution in [0.3, 0.4) is 0 Å². The van der Waals surface area contributed by atoms with Crippen LogP contribution in [0.2, 0.25) is 0 Å². The van der Waals surface area contributed by atoms with E-state index in [2.05, 4.69) is 17.3 Å². The molecule has 5 nitrogen and oxygen atoms in total. The Kier molecular flexibility index (Phi) is 2.86. The van der Waals surface area contributed by atoms with Gasteiger partial charge in [-0.2, -0.15) is 10.1 Å². The van der Waals surface area contributed by atoms with E-state index >= 15 is 0 Å². The molecule has 2 amide bonds.